The summed E-state index contributed by atoms with van der Waals surface area (Å²) in [5.41, 5.74) is -0.294. The Morgan fingerprint density at radius 1 is 1.27 bits per heavy atom. The van der Waals surface area contributed by atoms with Gasteiger partial charge in [-0.3, -0.25) is 9.59 Å². The lowest BCUT2D eigenvalue weighted by Crippen LogP contribution is -2.52. The maximum Gasteiger partial charge on any atom is 0.408 e. The molecule has 1 aromatic rings. The van der Waals surface area contributed by atoms with Gasteiger partial charge < -0.3 is 25.8 Å². The molecule has 166 valence electrons. The van der Waals surface area contributed by atoms with Crippen molar-refractivity contribution >= 4 is 30.5 Å². The Balaban J connectivity index is 1.94. The SMILES string of the molecule is CC(C)C[C@H](NC(=O)OCc1ccccc1)C(=O)N[C@@H](C[C@@H]1CCNC1=O)[C@@H](O)S. The average molecular weight is 438 g/mol. The molecular weight excluding hydrogens is 406 g/mol. The van der Waals surface area contributed by atoms with E-state index in [1.807, 2.05) is 44.2 Å². The summed E-state index contributed by atoms with van der Waals surface area (Å²) in [7, 11) is 0. The molecule has 8 nitrogen and oxygen atoms in total. The van der Waals surface area contributed by atoms with Crippen LogP contribution in [0.3, 0.4) is 0 Å². The second-order valence-electron chi connectivity index (χ2n) is 7.93. The van der Waals surface area contributed by atoms with Gasteiger partial charge in [0, 0.05) is 12.5 Å². The molecule has 0 unspecified atom stereocenters. The third kappa shape index (κ3) is 7.87. The standard InChI is InChI=1S/C21H31N3O5S/c1-13(2)10-16(24-21(28)29-12-14-6-4-3-5-7-14)19(26)23-17(20(27)30)11-15-8-9-22-18(15)25/h3-7,13,15-17,20,27,30H,8-12H2,1-2H3,(H,22,25)(H,23,26)(H,24,28)/t15-,16-,17-,20-/m0/s1. The van der Waals surface area contributed by atoms with E-state index in [1.165, 1.54) is 0 Å². The summed E-state index contributed by atoms with van der Waals surface area (Å²) >= 11 is 4.05. The number of hydrogen-bond donors (Lipinski definition) is 5. The molecule has 0 spiro atoms. The van der Waals surface area contributed by atoms with E-state index >= 15 is 0 Å². The van der Waals surface area contributed by atoms with E-state index in [-0.39, 0.29) is 30.8 Å². The molecular formula is C21H31N3O5S. The molecule has 0 aromatic heterocycles. The second-order valence-corrected chi connectivity index (χ2v) is 8.46. The molecule has 4 atom stereocenters. The number of aliphatic hydroxyl groups excluding tert-OH is 1. The van der Waals surface area contributed by atoms with Gasteiger partial charge in [0.15, 0.2) is 0 Å². The molecule has 2 rings (SSSR count). The number of carbonyl (C=O) groups excluding carboxylic acids is 3. The summed E-state index contributed by atoms with van der Waals surface area (Å²) in [4.78, 5) is 36.9. The van der Waals surface area contributed by atoms with Crippen molar-refractivity contribution in [1.29, 1.82) is 0 Å². The Bertz CT molecular complexity index is 714. The molecule has 1 aliphatic heterocycles. The minimum Gasteiger partial charge on any atom is -0.445 e. The summed E-state index contributed by atoms with van der Waals surface area (Å²) in [6.07, 6.45) is 0.615. The largest absolute Gasteiger partial charge is 0.445 e. The fraction of sp³-hybridized carbons (Fsp3) is 0.571. The number of aliphatic hydroxyl groups is 1. The highest BCUT2D eigenvalue weighted by molar-refractivity contribution is 7.80. The number of alkyl carbamates (subject to hydrolysis) is 1. The molecule has 0 aliphatic carbocycles. The molecule has 4 N–H and O–H groups in total. The van der Waals surface area contributed by atoms with Gasteiger partial charge in [-0.15, -0.1) is 12.6 Å². The van der Waals surface area contributed by atoms with Crippen LogP contribution in [-0.2, 0) is 20.9 Å². The summed E-state index contributed by atoms with van der Waals surface area (Å²) in [5, 5.41) is 18.0. The summed E-state index contributed by atoms with van der Waals surface area (Å²) < 4.78 is 5.22. The first-order chi connectivity index (χ1) is 14.3. The van der Waals surface area contributed by atoms with Gasteiger partial charge in [-0.05, 0) is 30.7 Å². The van der Waals surface area contributed by atoms with Crippen LogP contribution in [0.25, 0.3) is 0 Å². The molecule has 0 saturated carbocycles. The number of carbonyl (C=O) groups is 3. The zero-order chi connectivity index (χ0) is 22.1. The van der Waals surface area contributed by atoms with Crippen molar-refractivity contribution in [1.82, 2.24) is 16.0 Å². The van der Waals surface area contributed by atoms with Crippen LogP contribution in [-0.4, -0.2) is 47.1 Å². The molecule has 1 heterocycles. The molecule has 1 saturated heterocycles. The number of ether oxygens (including phenoxy) is 1. The fourth-order valence-corrected chi connectivity index (χ4v) is 3.52. The minimum atomic E-state index is -1.13. The molecule has 1 aromatic carbocycles. The van der Waals surface area contributed by atoms with Crippen LogP contribution in [0.15, 0.2) is 30.3 Å². The number of amides is 3. The maximum atomic E-state index is 12.8. The Hall–Kier alpha value is -2.26. The number of benzene rings is 1. The van der Waals surface area contributed by atoms with E-state index < -0.39 is 29.5 Å². The van der Waals surface area contributed by atoms with Gasteiger partial charge in [-0.2, -0.15) is 0 Å². The van der Waals surface area contributed by atoms with Crippen molar-refractivity contribution in [2.24, 2.45) is 11.8 Å². The Morgan fingerprint density at radius 2 is 1.97 bits per heavy atom. The van der Waals surface area contributed by atoms with Crippen molar-refractivity contribution in [2.45, 2.75) is 57.2 Å². The van der Waals surface area contributed by atoms with Crippen LogP contribution < -0.4 is 16.0 Å². The van der Waals surface area contributed by atoms with Gasteiger partial charge >= 0.3 is 6.09 Å². The molecule has 0 bridgehead atoms. The molecule has 9 heteroatoms. The van der Waals surface area contributed by atoms with E-state index in [4.69, 9.17) is 4.74 Å². The van der Waals surface area contributed by atoms with E-state index in [1.54, 1.807) is 0 Å². The highest BCUT2D eigenvalue weighted by atomic mass is 32.1. The number of thiol groups is 1. The van der Waals surface area contributed by atoms with E-state index in [0.29, 0.717) is 19.4 Å². The van der Waals surface area contributed by atoms with Crippen molar-refractivity contribution in [3.8, 4) is 0 Å². The zero-order valence-electron chi connectivity index (χ0n) is 17.3. The van der Waals surface area contributed by atoms with E-state index in [9.17, 15) is 19.5 Å². The van der Waals surface area contributed by atoms with Gasteiger partial charge in [0.2, 0.25) is 11.8 Å². The first kappa shape index (κ1) is 24.0. The van der Waals surface area contributed by atoms with Crippen LogP contribution in [0.5, 0.6) is 0 Å². The number of rotatable bonds is 10. The monoisotopic (exact) mass is 437 g/mol. The van der Waals surface area contributed by atoms with Gasteiger partial charge in [0.25, 0.3) is 0 Å². The van der Waals surface area contributed by atoms with Gasteiger partial charge in [-0.25, -0.2) is 4.79 Å². The van der Waals surface area contributed by atoms with Gasteiger partial charge in [0.1, 0.15) is 18.1 Å². The topological polar surface area (TPSA) is 117 Å². The molecule has 3 amide bonds. The highest BCUT2D eigenvalue weighted by Gasteiger charge is 2.32. The summed E-state index contributed by atoms with van der Waals surface area (Å²) in [6.45, 7) is 4.55. The van der Waals surface area contributed by atoms with Crippen LogP contribution >= 0.6 is 12.6 Å². The lowest BCUT2D eigenvalue weighted by Gasteiger charge is -2.26. The quantitative estimate of drug-likeness (QED) is 0.282. The van der Waals surface area contributed by atoms with Crippen LogP contribution in [0.2, 0.25) is 0 Å². The Kier molecular flexibility index (Phi) is 9.45. The van der Waals surface area contributed by atoms with Crippen molar-refractivity contribution in [3.05, 3.63) is 35.9 Å². The van der Waals surface area contributed by atoms with Crippen molar-refractivity contribution in [2.75, 3.05) is 6.54 Å². The minimum absolute atomic E-state index is 0.0930. The third-order valence-corrected chi connectivity index (χ3v) is 5.28. The lowest BCUT2D eigenvalue weighted by molar-refractivity contribution is -0.126. The van der Waals surface area contributed by atoms with Crippen LogP contribution in [0, 0.1) is 11.8 Å². The highest BCUT2D eigenvalue weighted by Crippen LogP contribution is 2.19. The Labute approximate surface area is 182 Å². The van der Waals surface area contributed by atoms with Crippen molar-refractivity contribution < 1.29 is 24.2 Å². The van der Waals surface area contributed by atoms with Crippen LogP contribution in [0.1, 0.15) is 38.7 Å². The summed E-state index contributed by atoms with van der Waals surface area (Å²) in [5.74, 6) is -0.693. The molecule has 1 aliphatic rings. The Morgan fingerprint density at radius 3 is 2.53 bits per heavy atom. The fourth-order valence-electron chi connectivity index (χ4n) is 3.32. The number of nitrogens with one attached hydrogen (secondary N) is 3. The zero-order valence-corrected chi connectivity index (χ0v) is 18.2. The maximum absolute atomic E-state index is 12.8. The molecule has 30 heavy (non-hydrogen) atoms. The van der Waals surface area contributed by atoms with Gasteiger partial charge in [-0.1, -0.05) is 44.2 Å². The molecule has 1 fully saturated rings. The first-order valence-electron chi connectivity index (χ1n) is 10.2. The smallest absolute Gasteiger partial charge is 0.408 e. The average Bonchev–Trinajstić information content (AvgIpc) is 3.10. The number of hydrogen-bond acceptors (Lipinski definition) is 6. The third-order valence-electron chi connectivity index (χ3n) is 4.92. The second kappa shape index (κ2) is 11.8. The van der Waals surface area contributed by atoms with Crippen LogP contribution in [0.4, 0.5) is 4.79 Å². The predicted molar refractivity (Wildman–Crippen MR) is 116 cm³/mol. The predicted octanol–water partition coefficient (Wildman–Crippen LogP) is 1.59. The van der Waals surface area contributed by atoms with E-state index in [2.05, 4.69) is 28.6 Å². The van der Waals surface area contributed by atoms with Crippen molar-refractivity contribution in [3.63, 3.8) is 0 Å². The lowest BCUT2D eigenvalue weighted by atomic mass is 9.97. The first-order valence-corrected chi connectivity index (χ1v) is 10.7. The summed E-state index contributed by atoms with van der Waals surface area (Å²) in [6, 6.07) is 7.69. The normalized spacial score (nSPS) is 19.0. The van der Waals surface area contributed by atoms with Gasteiger partial charge in [0.05, 0.1) is 6.04 Å². The van der Waals surface area contributed by atoms with E-state index in [0.717, 1.165) is 5.56 Å². The molecule has 0 radical (unpaired) electrons.